The van der Waals surface area contributed by atoms with E-state index in [2.05, 4.69) is 5.16 Å². The van der Waals surface area contributed by atoms with Gasteiger partial charge in [-0.1, -0.05) is 5.16 Å². The van der Waals surface area contributed by atoms with E-state index in [4.69, 9.17) is 5.21 Å². The van der Waals surface area contributed by atoms with Crippen LogP contribution in [0.25, 0.3) is 0 Å². The highest BCUT2D eigenvalue weighted by atomic mass is 19.1. The molecule has 0 unspecified atom stereocenters. The van der Waals surface area contributed by atoms with Gasteiger partial charge in [-0.3, -0.25) is 0 Å². The summed E-state index contributed by atoms with van der Waals surface area (Å²) in [6, 6.07) is 4.35. The fourth-order valence-corrected chi connectivity index (χ4v) is 1.09. The van der Waals surface area contributed by atoms with Crippen molar-refractivity contribution in [3.63, 3.8) is 0 Å². The highest BCUT2D eigenvalue weighted by molar-refractivity contribution is 5.99. The number of benzene rings is 1. The molecule has 0 saturated carbocycles. The van der Waals surface area contributed by atoms with Gasteiger partial charge in [-0.15, -0.1) is 0 Å². The van der Waals surface area contributed by atoms with Gasteiger partial charge in [0, 0.05) is 5.56 Å². The van der Waals surface area contributed by atoms with Crippen molar-refractivity contribution < 1.29 is 9.60 Å². The van der Waals surface area contributed by atoms with E-state index < -0.39 is 0 Å². The summed E-state index contributed by atoms with van der Waals surface area (Å²) < 4.78 is 12.6. The second-order valence-electron chi connectivity index (χ2n) is 2.64. The van der Waals surface area contributed by atoms with Crippen LogP contribution in [0.2, 0.25) is 0 Å². The van der Waals surface area contributed by atoms with Crippen molar-refractivity contribution in [2.24, 2.45) is 5.16 Å². The lowest BCUT2D eigenvalue weighted by molar-refractivity contribution is 0.319. The van der Waals surface area contributed by atoms with E-state index in [0.717, 1.165) is 11.1 Å². The molecule has 64 valence electrons. The van der Waals surface area contributed by atoms with Crippen LogP contribution in [0.1, 0.15) is 18.1 Å². The molecule has 0 aliphatic heterocycles. The van der Waals surface area contributed by atoms with E-state index in [0.29, 0.717) is 5.71 Å². The quantitative estimate of drug-likeness (QED) is 0.388. The van der Waals surface area contributed by atoms with Crippen molar-refractivity contribution >= 4 is 5.71 Å². The van der Waals surface area contributed by atoms with E-state index in [1.807, 2.05) is 0 Å². The summed E-state index contributed by atoms with van der Waals surface area (Å²) in [5.41, 5.74) is 2.02. The highest BCUT2D eigenvalue weighted by Crippen LogP contribution is 2.10. The summed E-state index contributed by atoms with van der Waals surface area (Å²) in [7, 11) is 0. The first-order valence-electron chi connectivity index (χ1n) is 3.60. The minimum Gasteiger partial charge on any atom is -0.411 e. The first kappa shape index (κ1) is 8.71. The Morgan fingerprint density at radius 1 is 1.50 bits per heavy atom. The van der Waals surface area contributed by atoms with Gasteiger partial charge in [-0.2, -0.15) is 0 Å². The number of halogens is 1. The summed E-state index contributed by atoms with van der Waals surface area (Å²) in [5, 5.41) is 11.5. The molecule has 0 heterocycles. The molecular weight excluding hydrogens is 157 g/mol. The summed E-state index contributed by atoms with van der Waals surface area (Å²) in [6.07, 6.45) is 0. The monoisotopic (exact) mass is 167 g/mol. The second-order valence-corrected chi connectivity index (χ2v) is 2.64. The lowest BCUT2D eigenvalue weighted by atomic mass is 10.1. The highest BCUT2D eigenvalue weighted by Gasteiger charge is 2.02. The van der Waals surface area contributed by atoms with Crippen LogP contribution in [-0.2, 0) is 0 Å². The van der Waals surface area contributed by atoms with Gasteiger partial charge < -0.3 is 5.21 Å². The minimum absolute atomic E-state index is 0.276. The van der Waals surface area contributed by atoms with Crippen molar-refractivity contribution in [2.45, 2.75) is 13.8 Å². The van der Waals surface area contributed by atoms with Gasteiger partial charge in [-0.05, 0) is 37.6 Å². The molecule has 0 amide bonds. The molecule has 1 aromatic carbocycles. The van der Waals surface area contributed by atoms with E-state index in [1.54, 1.807) is 19.9 Å². The fraction of sp³-hybridized carbons (Fsp3) is 0.222. The van der Waals surface area contributed by atoms with E-state index in [9.17, 15) is 4.39 Å². The molecule has 12 heavy (non-hydrogen) atoms. The molecule has 0 radical (unpaired) electrons. The third-order valence-electron chi connectivity index (χ3n) is 1.73. The maximum Gasteiger partial charge on any atom is 0.123 e. The molecule has 1 N–H and O–H groups in total. The Bertz CT molecular complexity index is 320. The van der Waals surface area contributed by atoms with Crippen molar-refractivity contribution in [3.8, 4) is 0 Å². The summed E-state index contributed by atoms with van der Waals surface area (Å²) in [6.45, 7) is 3.44. The fourth-order valence-electron chi connectivity index (χ4n) is 1.09. The predicted molar refractivity (Wildman–Crippen MR) is 45.1 cm³/mol. The average molecular weight is 167 g/mol. The molecule has 2 nitrogen and oxygen atoms in total. The molecule has 0 fully saturated rings. The van der Waals surface area contributed by atoms with Crippen molar-refractivity contribution in [1.82, 2.24) is 0 Å². The summed E-state index contributed by atoms with van der Waals surface area (Å²) >= 11 is 0. The normalized spacial score (nSPS) is 11.8. The van der Waals surface area contributed by atoms with Crippen LogP contribution < -0.4 is 0 Å². The number of aryl methyl sites for hydroxylation is 1. The Labute approximate surface area is 70.3 Å². The van der Waals surface area contributed by atoms with Gasteiger partial charge in [0.25, 0.3) is 0 Å². The maximum atomic E-state index is 12.6. The molecule has 0 aliphatic rings. The molecule has 0 atom stereocenters. The third kappa shape index (κ3) is 1.61. The largest absolute Gasteiger partial charge is 0.411 e. The summed E-state index contributed by atoms with van der Waals surface area (Å²) in [5.74, 6) is -0.276. The standard InChI is InChI=1S/C9H10FNO/c1-6-5-8(10)3-4-9(6)7(2)11-12/h3-5,12H,1-2H3/b11-7+. The lowest BCUT2D eigenvalue weighted by Gasteiger charge is -2.02. The van der Waals surface area contributed by atoms with E-state index >= 15 is 0 Å². The molecule has 0 saturated heterocycles. The van der Waals surface area contributed by atoms with Gasteiger partial charge in [0.15, 0.2) is 0 Å². The molecule has 1 rings (SSSR count). The molecule has 3 heteroatoms. The zero-order valence-electron chi connectivity index (χ0n) is 7.00. The van der Waals surface area contributed by atoms with Crippen LogP contribution in [0.3, 0.4) is 0 Å². The molecule has 1 aromatic rings. The topological polar surface area (TPSA) is 32.6 Å². The zero-order chi connectivity index (χ0) is 9.14. The van der Waals surface area contributed by atoms with Gasteiger partial charge in [0.05, 0.1) is 5.71 Å². The molecule has 0 aromatic heterocycles. The zero-order valence-corrected chi connectivity index (χ0v) is 7.00. The number of rotatable bonds is 1. The minimum atomic E-state index is -0.276. The maximum absolute atomic E-state index is 12.6. The van der Waals surface area contributed by atoms with Crippen molar-refractivity contribution in [1.29, 1.82) is 0 Å². The Balaban J connectivity index is 3.18. The van der Waals surface area contributed by atoms with Gasteiger partial charge >= 0.3 is 0 Å². The molecular formula is C9H10FNO. The first-order valence-corrected chi connectivity index (χ1v) is 3.60. The Kier molecular flexibility index (Phi) is 2.43. The Morgan fingerprint density at radius 2 is 2.17 bits per heavy atom. The first-order chi connectivity index (χ1) is 5.65. The van der Waals surface area contributed by atoms with Crippen LogP contribution in [0, 0.1) is 12.7 Å². The van der Waals surface area contributed by atoms with Gasteiger partial charge in [0.2, 0.25) is 0 Å². The van der Waals surface area contributed by atoms with E-state index in [1.165, 1.54) is 12.1 Å². The number of hydrogen-bond acceptors (Lipinski definition) is 2. The average Bonchev–Trinajstić information content (AvgIpc) is 2.03. The number of nitrogens with zero attached hydrogens (tertiary/aromatic N) is 1. The lowest BCUT2D eigenvalue weighted by Crippen LogP contribution is -1.98. The van der Waals surface area contributed by atoms with Crippen LogP contribution >= 0.6 is 0 Å². The second kappa shape index (κ2) is 3.34. The summed E-state index contributed by atoms with van der Waals surface area (Å²) in [4.78, 5) is 0. The van der Waals surface area contributed by atoms with Crippen LogP contribution in [0.5, 0.6) is 0 Å². The van der Waals surface area contributed by atoms with E-state index in [-0.39, 0.29) is 5.82 Å². The number of oxime groups is 1. The van der Waals surface area contributed by atoms with Crippen LogP contribution in [-0.4, -0.2) is 10.9 Å². The van der Waals surface area contributed by atoms with Gasteiger partial charge in [-0.25, -0.2) is 4.39 Å². The SMILES string of the molecule is C/C(=N\O)c1ccc(F)cc1C. The Morgan fingerprint density at radius 3 is 2.67 bits per heavy atom. The van der Waals surface area contributed by atoms with Crippen molar-refractivity contribution in [2.75, 3.05) is 0 Å². The molecule has 0 spiro atoms. The Hall–Kier alpha value is -1.38. The van der Waals surface area contributed by atoms with Crippen LogP contribution in [0.4, 0.5) is 4.39 Å². The predicted octanol–water partition coefficient (Wildman–Crippen LogP) is 2.33. The van der Waals surface area contributed by atoms with Gasteiger partial charge in [0.1, 0.15) is 5.82 Å². The van der Waals surface area contributed by atoms with Crippen molar-refractivity contribution in [3.05, 3.63) is 35.1 Å². The molecule has 0 aliphatic carbocycles. The molecule has 0 bridgehead atoms. The number of hydrogen-bond donors (Lipinski definition) is 1. The smallest absolute Gasteiger partial charge is 0.123 e. The van der Waals surface area contributed by atoms with Crippen LogP contribution in [0.15, 0.2) is 23.4 Å². The third-order valence-corrected chi connectivity index (χ3v) is 1.73.